The van der Waals surface area contributed by atoms with Crippen molar-refractivity contribution in [1.29, 1.82) is 0 Å². The molecule has 1 aromatic carbocycles. The van der Waals surface area contributed by atoms with Gasteiger partial charge in [0.25, 0.3) is 0 Å². The lowest BCUT2D eigenvalue weighted by Gasteiger charge is -2.25. The number of carbonyl (C=O) groups excluding carboxylic acids is 1. The average Bonchev–Trinajstić information content (AvgIpc) is 2.90. The Kier molecular flexibility index (Phi) is 3.05. The fraction of sp³-hybridized carbons (Fsp3) is 0.286. The van der Waals surface area contributed by atoms with Crippen LogP contribution in [0.4, 0.5) is 0 Å². The summed E-state index contributed by atoms with van der Waals surface area (Å²) in [7, 11) is 1.35. The highest BCUT2D eigenvalue weighted by Gasteiger charge is 2.26. The molecule has 2 heterocycles. The van der Waals surface area contributed by atoms with Crippen molar-refractivity contribution >= 4 is 5.97 Å². The summed E-state index contributed by atoms with van der Waals surface area (Å²) in [5.41, 5.74) is 2.24. The van der Waals surface area contributed by atoms with Gasteiger partial charge in [-0.15, -0.1) is 0 Å². The first kappa shape index (κ1) is 11.9. The number of nitrogens with zero attached hydrogens (tertiary/aromatic N) is 2. The Morgan fingerprint density at radius 1 is 1.42 bits per heavy atom. The van der Waals surface area contributed by atoms with Gasteiger partial charge in [-0.05, 0) is 5.56 Å². The Balaban J connectivity index is 1.86. The summed E-state index contributed by atoms with van der Waals surface area (Å²) in [6.07, 6.45) is 1.66. The molecule has 98 valence electrons. The van der Waals surface area contributed by atoms with Crippen LogP contribution in [0.5, 0.6) is 0 Å². The third kappa shape index (κ3) is 2.13. The molecule has 5 nitrogen and oxygen atoms in total. The van der Waals surface area contributed by atoms with Crippen LogP contribution < -0.4 is 0 Å². The second-order valence-corrected chi connectivity index (χ2v) is 4.39. The molecular formula is C14H14N2O3. The third-order valence-corrected chi connectivity index (χ3v) is 3.28. The lowest BCUT2D eigenvalue weighted by Crippen LogP contribution is -2.22. The van der Waals surface area contributed by atoms with Crippen molar-refractivity contribution in [3.8, 4) is 0 Å². The summed E-state index contributed by atoms with van der Waals surface area (Å²) in [5.74, 6) is -0.421. The molecule has 1 aliphatic heterocycles. The number of ether oxygens (including phenoxy) is 2. The number of aromatic nitrogens is 2. The third-order valence-electron chi connectivity index (χ3n) is 3.28. The molecule has 3 rings (SSSR count). The highest BCUT2D eigenvalue weighted by Crippen LogP contribution is 2.27. The summed E-state index contributed by atoms with van der Waals surface area (Å²) < 4.78 is 12.5. The van der Waals surface area contributed by atoms with E-state index in [1.807, 2.05) is 34.9 Å². The van der Waals surface area contributed by atoms with Crippen LogP contribution in [0.15, 0.2) is 36.7 Å². The van der Waals surface area contributed by atoms with E-state index in [-0.39, 0.29) is 6.10 Å². The van der Waals surface area contributed by atoms with E-state index in [2.05, 4.69) is 4.98 Å². The maximum Gasteiger partial charge on any atom is 0.358 e. The first-order valence-electron chi connectivity index (χ1n) is 6.08. The summed E-state index contributed by atoms with van der Waals surface area (Å²) >= 11 is 0. The predicted molar refractivity (Wildman–Crippen MR) is 67.5 cm³/mol. The van der Waals surface area contributed by atoms with E-state index in [1.165, 1.54) is 7.11 Å². The van der Waals surface area contributed by atoms with Crippen molar-refractivity contribution in [3.63, 3.8) is 0 Å². The summed E-state index contributed by atoms with van der Waals surface area (Å²) in [6.45, 7) is 1.02. The smallest absolute Gasteiger partial charge is 0.358 e. The van der Waals surface area contributed by atoms with Gasteiger partial charge < -0.3 is 14.0 Å². The molecule has 5 heteroatoms. The number of methoxy groups -OCH3 is 1. The molecule has 0 spiro atoms. The number of carbonyl (C=O) groups is 1. The van der Waals surface area contributed by atoms with Crippen molar-refractivity contribution in [2.75, 3.05) is 7.11 Å². The molecule has 1 aromatic heterocycles. The van der Waals surface area contributed by atoms with E-state index in [4.69, 9.17) is 9.47 Å². The number of imidazole rings is 1. The topological polar surface area (TPSA) is 53.3 Å². The standard InChI is InChI=1S/C14H14N2O3/c1-18-14(17)13-11-8-19-12(7-16(11)9-15-13)10-5-3-2-4-6-10/h2-6,9,12H,7-8H2,1H3/t12-/m1/s1. The molecule has 0 N–H and O–H groups in total. The van der Waals surface area contributed by atoms with Gasteiger partial charge in [-0.3, -0.25) is 0 Å². The maximum absolute atomic E-state index is 11.5. The van der Waals surface area contributed by atoms with Crippen LogP contribution in [-0.2, 0) is 22.6 Å². The minimum atomic E-state index is -0.421. The zero-order valence-corrected chi connectivity index (χ0v) is 10.6. The van der Waals surface area contributed by atoms with E-state index < -0.39 is 5.97 Å². The van der Waals surface area contributed by atoms with Crippen LogP contribution in [0, 0.1) is 0 Å². The molecule has 0 bridgehead atoms. The van der Waals surface area contributed by atoms with Gasteiger partial charge in [0.2, 0.25) is 0 Å². The molecule has 19 heavy (non-hydrogen) atoms. The quantitative estimate of drug-likeness (QED) is 0.772. The molecule has 0 unspecified atom stereocenters. The van der Waals surface area contributed by atoms with Crippen LogP contribution >= 0.6 is 0 Å². The van der Waals surface area contributed by atoms with Gasteiger partial charge in [-0.1, -0.05) is 30.3 Å². The molecular weight excluding hydrogens is 244 g/mol. The Hall–Kier alpha value is -2.14. The zero-order chi connectivity index (χ0) is 13.2. The SMILES string of the molecule is COC(=O)c1ncn2c1CO[C@@H](c1ccccc1)C2. The minimum absolute atomic E-state index is 0.00611. The van der Waals surface area contributed by atoms with Gasteiger partial charge in [-0.2, -0.15) is 0 Å². The molecule has 0 saturated carbocycles. The fourth-order valence-electron chi connectivity index (χ4n) is 2.26. The molecule has 0 fully saturated rings. The van der Waals surface area contributed by atoms with E-state index in [0.717, 1.165) is 11.3 Å². The monoisotopic (exact) mass is 258 g/mol. The number of rotatable bonds is 2. The van der Waals surface area contributed by atoms with Crippen LogP contribution in [0.25, 0.3) is 0 Å². The highest BCUT2D eigenvalue weighted by atomic mass is 16.5. The first-order chi connectivity index (χ1) is 9.29. The Morgan fingerprint density at radius 2 is 2.21 bits per heavy atom. The maximum atomic E-state index is 11.5. The molecule has 1 aliphatic rings. The Morgan fingerprint density at radius 3 is 2.95 bits per heavy atom. The van der Waals surface area contributed by atoms with Crippen LogP contribution in [0.3, 0.4) is 0 Å². The highest BCUT2D eigenvalue weighted by molar-refractivity contribution is 5.88. The summed E-state index contributed by atoms with van der Waals surface area (Å²) in [4.78, 5) is 15.6. The molecule has 2 aromatic rings. The van der Waals surface area contributed by atoms with Crippen molar-refractivity contribution in [3.05, 3.63) is 53.6 Å². The van der Waals surface area contributed by atoms with Gasteiger partial charge in [-0.25, -0.2) is 9.78 Å². The molecule has 0 saturated heterocycles. The number of hydrogen-bond acceptors (Lipinski definition) is 4. The second kappa shape index (κ2) is 4.85. The zero-order valence-electron chi connectivity index (χ0n) is 10.6. The first-order valence-corrected chi connectivity index (χ1v) is 6.08. The predicted octanol–water partition coefficient (Wildman–Crippen LogP) is 1.94. The van der Waals surface area contributed by atoms with E-state index in [9.17, 15) is 4.79 Å². The number of esters is 1. The van der Waals surface area contributed by atoms with E-state index in [0.29, 0.717) is 18.8 Å². The van der Waals surface area contributed by atoms with Crippen molar-refractivity contribution in [1.82, 2.24) is 9.55 Å². The molecule has 0 aliphatic carbocycles. The van der Waals surface area contributed by atoms with Gasteiger partial charge in [0.05, 0.1) is 32.3 Å². The van der Waals surface area contributed by atoms with Crippen molar-refractivity contribution in [2.45, 2.75) is 19.3 Å². The lowest BCUT2D eigenvalue weighted by atomic mass is 10.1. The van der Waals surface area contributed by atoms with Gasteiger partial charge >= 0.3 is 5.97 Å². The van der Waals surface area contributed by atoms with E-state index >= 15 is 0 Å². The normalized spacial score (nSPS) is 17.8. The van der Waals surface area contributed by atoms with Crippen LogP contribution in [0.2, 0.25) is 0 Å². The van der Waals surface area contributed by atoms with Crippen LogP contribution in [-0.4, -0.2) is 22.6 Å². The van der Waals surface area contributed by atoms with Crippen LogP contribution in [0.1, 0.15) is 27.8 Å². The summed E-state index contributed by atoms with van der Waals surface area (Å²) in [6, 6.07) is 10.0. The number of fused-ring (bicyclic) bond motifs is 1. The fourth-order valence-corrected chi connectivity index (χ4v) is 2.26. The molecule has 0 radical (unpaired) electrons. The Labute approximate surface area is 110 Å². The number of benzene rings is 1. The average molecular weight is 258 g/mol. The largest absolute Gasteiger partial charge is 0.464 e. The summed E-state index contributed by atoms with van der Waals surface area (Å²) in [5, 5.41) is 0. The molecule has 1 atom stereocenters. The van der Waals surface area contributed by atoms with Crippen molar-refractivity contribution < 1.29 is 14.3 Å². The van der Waals surface area contributed by atoms with E-state index in [1.54, 1.807) is 6.33 Å². The van der Waals surface area contributed by atoms with Gasteiger partial charge in [0.15, 0.2) is 5.69 Å². The van der Waals surface area contributed by atoms with Gasteiger partial charge in [0.1, 0.15) is 6.10 Å². The number of hydrogen-bond donors (Lipinski definition) is 0. The second-order valence-electron chi connectivity index (χ2n) is 4.39. The lowest BCUT2D eigenvalue weighted by molar-refractivity contribution is 0.00202. The van der Waals surface area contributed by atoms with Crippen molar-refractivity contribution in [2.24, 2.45) is 0 Å². The molecule has 0 amide bonds. The minimum Gasteiger partial charge on any atom is -0.464 e. The Bertz CT molecular complexity index is 592. The van der Waals surface area contributed by atoms with Gasteiger partial charge in [0, 0.05) is 0 Å².